The largest absolute Gasteiger partial charge is 0.383 e. The summed E-state index contributed by atoms with van der Waals surface area (Å²) in [7, 11) is 1.56. The maximum absolute atomic E-state index is 12.4. The number of nitrogens with zero attached hydrogens (tertiary/aromatic N) is 2. The van der Waals surface area contributed by atoms with Crippen molar-refractivity contribution in [1.82, 2.24) is 4.90 Å². The minimum Gasteiger partial charge on any atom is -0.383 e. The van der Waals surface area contributed by atoms with Crippen LogP contribution in [0.25, 0.3) is 0 Å². The number of hydrogen-bond acceptors (Lipinski definition) is 6. The van der Waals surface area contributed by atoms with Crippen molar-refractivity contribution in [2.75, 3.05) is 51.9 Å². The van der Waals surface area contributed by atoms with Crippen LogP contribution in [0.15, 0.2) is 18.2 Å². The number of hydrogen-bond donors (Lipinski definition) is 1. The van der Waals surface area contributed by atoms with E-state index in [9.17, 15) is 14.9 Å². The van der Waals surface area contributed by atoms with Crippen LogP contribution in [0.2, 0.25) is 0 Å². The third-order valence-electron chi connectivity index (χ3n) is 3.36. The lowest BCUT2D eigenvalue weighted by Gasteiger charge is -2.26. The Bertz CT molecular complexity index is 543. The Labute approximate surface area is 128 Å². The smallest absolute Gasteiger partial charge is 0.293 e. The second-order valence-corrected chi connectivity index (χ2v) is 4.81. The number of anilines is 1. The van der Waals surface area contributed by atoms with Crippen molar-refractivity contribution in [3.63, 3.8) is 0 Å². The first-order chi connectivity index (χ1) is 10.6. The molecule has 1 aromatic rings. The SMILES string of the molecule is COCCNc1ccc(C(=O)N2CCOCC2)cc1[N+](=O)[O-]. The predicted octanol–water partition coefficient (Wildman–Crippen LogP) is 1.13. The summed E-state index contributed by atoms with van der Waals surface area (Å²) in [4.78, 5) is 24.7. The summed E-state index contributed by atoms with van der Waals surface area (Å²) in [5, 5.41) is 14.1. The van der Waals surface area contributed by atoms with E-state index in [0.717, 1.165) is 0 Å². The molecule has 1 fully saturated rings. The number of benzene rings is 1. The average Bonchev–Trinajstić information content (AvgIpc) is 2.55. The molecule has 0 aliphatic carbocycles. The summed E-state index contributed by atoms with van der Waals surface area (Å²) < 4.78 is 10.1. The van der Waals surface area contributed by atoms with Crippen molar-refractivity contribution >= 4 is 17.3 Å². The molecular weight excluding hydrogens is 290 g/mol. The second-order valence-electron chi connectivity index (χ2n) is 4.81. The molecule has 8 nitrogen and oxygen atoms in total. The van der Waals surface area contributed by atoms with Crippen molar-refractivity contribution in [2.24, 2.45) is 0 Å². The van der Waals surface area contributed by atoms with Gasteiger partial charge in [-0.05, 0) is 12.1 Å². The topological polar surface area (TPSA) is 93.9 Å². The number of morpholine rings is 1. The summed E-state index contributed by atoms with van der Waals surface area (Å²) in [5.41, 5.74) is 0.571. The van der Waals surface area contributed by atoms with Gasteiger partial charge in [0.1, 0.15) is 5.69 Å². The molecule has 0 aromatic heterocycles. The number of nitro groups is 1. The van der Waals surface area contributed by atoms with Crippen molar-refractivity contribution in [3.05, 3.63) is 33.9 Å². The quantitative estimate of drug-likeness (QED) is 0.481. The summed E-state index contributed by atoms with van der Waals surface area (Å²) in [6.07, 6.45) is 0. The highest BCUT2D eigenvalue weighted by Crippen LogP contribution is 2.26. The van der Waals surface area contributed by atoms with Crippen LogP contribution in [0.5, 0.6) is 0 Å². The highest BCUT2D eigenvalue weighted by molar-refractivity contribution is 5.95. The highest BCUT2D eigenvalue weighted by Gasteiger charge is 2.22. The number of carbonyl (C=O) groups is 1. The molecule has 1 saturated heterocycles. The lowest BCUT2D eigenvalue weighted by Crippen LogP contribution is -2.40. The number of rotatable bonds is 6. The molecule has 1 heterocycles. The van der Waals surface area contributed by atoms with Gasteiger partial charge in [-0.2, -0.15) is 0 Å². The average molecular weight is 309 g/mol. The Morgan fingerprint density at radius 2 is 2.18 bits per heavy atom. The minimum absolute atomic E-state index is 0.116. The summed E-state index contributed by atoms with van der Waals surface area (Å²) in [6.45, 7) is 2.87. The van der Waals surface area contributed by atoms with Crippen LogP contribution in [0.3, 0.4) is 0 Å². The Balaban J connectivity index is 2.17. The van der Waals surface area contributed by atoms with Gasteiger partial charge in [-0.25, -0.2) is 0 Å². The molecule has 0 spiro atoms. The van der Waals surface area contributed by atoms with Crippen LogP contribution in [0.4, 0.5) is 11.4 Å². The number of methoxy groups -OCH3 is 1. The van der Waals surface area contributed by atoms with E-state index in [1.165, 1.54) is 6.07 Å². The number of nitro benzene ring substituents is 1. The van der Waals surface area contributed by atoms with Gasteiger partial charge < -0.3 is 19.7 Å². The number of nitrogens with one attached hydrogen (secondary N) is 1. The predicted molar refractivity (Wildman–Crippen MR) is 80.2 cm³/mol. The molecule has 0 bridgehead atoms. The van der Waals surface area contributed by atoms with Crippen LogP contribution in [0.1, 0.15) is 10.4 Å². The third-order valence-corrected chi connectivity index (χ3v) is 3.36. The van der Waals surface area contributed by atoms with E-state index in [-0.39, 0.29) is 11.6 Å². The molecule has 0 saturated carbocycles. The van der Waals surface area contributed by atoms with E-state index in [4.69, 9.17) is 9.47 Å². The van der Waals surface area contributed by atoms with Crippen LogP contribution < -0.4 is 5.32 Å². The van der Waals surface area contributed by atoms with Gasteiger partial charge in [-0.1, -0.05) is 0 Å². The molecule has 1 aliphatic heterocycles. The molecule has 1 N–H and O–H groups in total. The maximum atomic E-state index is 12.4. The minimum atomic E-state index is -0.495. The Morgan fingerprint density at radius 1 is 1.45 bits per heavy atom. The molecule has 1 amide bonds. The molecule has 2 rings (SSSR count). The summed E-state index contributed by atoms with van der Waals surface area (Å²) >= 11 is 0. The monoisotopic (exact) mass is 309 g/mol. The van der Waals surface area contributed by atoms with E-state index in [1.54, 1.807) is 24.1 Å². The van der Waals surface area contributed by atoms with E-state index in [1.807, 2.05) is 0 Å². The van der Waals surface area contributed by atoms with E-state index < -0.39 is 4.92 Å². The zero-order valence-electron chi connectivity index (χ0n) is 12.4. The maximum Gasteiger partial charge on any atom is 0.293 e. The summed E-state index contributed by atoms with van der Waals surface area (Å²) in [5.74, 6) is -0.213. The summed E-state index contributed by atoms with van der Waals surface area (Å²) in [6, 6.07) is 4.47. The van der Waals surface area contributed by atoms with Crippen LogP contribution in [-0.2, 0) is 9.47 Å². The Hall–Kier alpha value is -2.19. The molecule has 0 radical (unpaired) electrons. The zero-order chi connectivity index (χ0) is 15.9. The second kappa shape index (κ2) is 7.71. The first kappa shape index (κ1) is 16.2. The van der Waals surface area contributed by atoms with Gasteiger partial charge in [0.2, 0.25) is 0 Å². The number of ether oxygens (including phenoxy) is 2. The lowest BCUT2D eigenvalue weighted by atomic mass is 10.1. The van der Waals surface area contributed by atoms with Crippen molar-refractivity contribution in [3.8, 4) is 0 Å². The van der Waals surface area contributed by atoms with Crippen molar-refractivity contribution < 1.29 is 19.2 Å². The normalized spacial score (nSPS) is 14.7. The molecule has 0 atom stereocenters. The van der Waals surface area contributed by atoms with Crippen LogP contribution in [0, 0.1) is 10.1 Å². The lowest BCUT2D eigenvalue weighted by molar-refractivity contribution is -0.384. The van der Waals surface area contributed by atoms with Gasteiger partial charge in [-0.15, -0.1) is 0 Å². The van der Waals surface area contributed by atoms with Crippen molar-refractivity contribution in [1.29, 1.82) is 0 Å². The molecule has 22 heavy (non-hydrogen) atoms. The Kier molecular flexibility index (Phi) is 5.68. The highest BCUT2D eigenvalue weighted by atomic mass is 16.6. The van der Waals surface area contributed by atoms with E-state index in [0.29, 0.717) is 50.7 Å². The fraction of sp³-hybridized carbons (Fsp3) is 0.500. The first-order valence-electron chi connectivity index (χ1n) is 7.01. The zero-order valence-corrected chi connectivity index (χ0v) is 12.4. The third kappa shape index (κ3) is 3.92. The molecule has 0 unspecified atom stereocenters. The standard InChI is InChI=1S/C14H19N3O5/c1-21-7-4-15-12-3-2-11(10-13(12)17(19)20)14(18)16-5-8-22-9-6-16/h2-3,10,15H,4-9H2,1H3. The number of carbonyl (C=O) groups excluding carboxylic acids is 1. The van der Waals surface area contributed by atoms with Crippen LogP contribution >= 0.6 is 0 Å². The Morgan fingerprint density at radius 3 is 2.82 bits per heavy atom. The van der Waals surface area contributed by atoms with E-state index in [2.05, 4.69) is 5.32 Å². The fourth-order valence-corrected chi connectivity index (χ4v) is 2.20. The van der Waals surface area contributed by atoms with Gasteiger partial charge in [0.15, 0.2) is 0 Å². The van der Waals surface area contributed by atoms with Gasteiger partial charge in [-0.3, -0.25) is 14.9 Å². The fourth-order valence-electron chi connectivity index (χ4n) is 2.20. The van der Waals surface area contributed by atoms with Crippen molar-refractivity contribution in [2.45, 2.75) is 0 Å². The van der Waals surface area contributed by atoms with Gasteiger partial charge >= 0.3 is 0 Å². The van der Waals surface area contributed by atoms with Gasteiger partial charge in [0.25, 0.3) is 11.6 Å². The van der Waals surface area contributed by atoms with Crippen LogP contribution in [-0.4, -0.2) is 62.3 Å². The van der Waals surface area contributed by atoms with Gasteiger partial charge in [0, 0.05) is 38.4 Å². The van der Waals surface area contributed by atoms with E-state index >= 15 is 0 Å². The molecular formula is C14H19N3O5. The first-order valence-corrected chi connectivity index (χ1v) is 7.01. The number of amides is 1. The molecule has 120 valence electrons. The molecule has 1 aliphatic rings. The molecule has 1 aromatic carbocycles. The molecule has 8 heteroatoms. The van der Waals surface area contributed by atoms with Gasteiger partial charge in [0.05, 0.1) is 24.7 Å².